The number of hydrogen-bond acceptors (Lipinski definition) is 4. The van der Waals surface area contributed by atoms with Crippen molar-refractivity contribution >= 4 is 33.3 Å². The predicted molar refractivity (Wildman–Crippen MR) is 103 cm³/mol. The lowest BCUT2D eigenvalue weighted by molar-refractivity contribution is -0.116. The average molecular weight is 418 g/mol. The van der Waals surface area contributed by atoms with E-state index in [1.165, 1.54) is 5.56 Å². The number of benzene rings is 2. The largest absolute Gasteiger partial charge is 0.486 e. The van der Waals surface area contributed by atoms with Crippen molar-refractivity contribution in [2.75, 3.05) is 18.5 Å². The van der Waals surface area contributed by atoms with Gasteiger partial charge in [-0.05, 0) is 27.9 Å². The molecule has 0 fully saturated rings. The molecule has 0 saturated heterocycles. The summed E-state index contributed by atoms with van der Waals surface area (Å²) >= 11 is 3.42. The second kappa shape index (κ2) is 8.36. The summed E-state index contributed by atoms with van der Waals surface area (Å²) < 4.78 is 11.7. The van der Waals surface area contributed by atoms with Gasteiger partial charge in [0.2, 0.25) is 5.91 Å². The van der Waals surface area contributed by atoms with E-state index in [0.717, 1.165) is 6.42 Å². The molecule has 1 amide bonds. The zero-order valence-corrected chi connectivity index (χ0v) is 16.1. The zero-order valence-electron chi connectivity index (χ0n) is 14.5. The summed E-state index contributed by atoms with van der Waals surface area (Å²) in [7, 11) is 0. The number of hydrogen-bond donors (Lipinski definition) is 1. The van der Waals surface area contributed by atoms with E-state index in [1.807, 2.05) is 24.3 Å². The Hall–Kier alpha value is -2.34. The van der Waals surface area contributed by atoms with Crippen LogP contribution in [0.25, 0.3) is 0 Å². The highest BCUT2D eigenvalue weighted by molar-refractivity contribution is 9.10. The third-order valence-electron chi connectivity index (χ3n) is 4.17. The van der Waals surface area contributed by atoms with Gasteiger partial charge in [-0.3, -0.25) is 9.59 Å². The third-order valence-corrected chi connectivity index (χ3v) is 4.83. The fourth-order valence-electron chi connectivity index (χ4n) is 2.67. The quantitative estimate of drug-likeness (QED) is 0.707. The average Bonchev–Trinajstić information content (AvgIpc) is 2.66. The Balaban J connectivity index is 1.57. The van der Waals surface area contributed by atoms with Gasteiger partial charge in [-0.15, -0.1) is 0 Å². The van der Waals surface area contributed by atoms with E-state index in [-0.39, 0.29) is 24.5 Å². The van der Waals surface area contributed by atoms with Crippen molar-refractivity contribution in [3.63, 3.8) is 0 Å². The monoisotopic (exact) mass is 417 g/mol. The Bertz CT molecular complexity index is 817. The number of amides is 1. The number of fused-ring (bicyclic) bond motifs is 1. The van der Waals surface area contributed by atoms with E-state index in [0.29, 0.717) is 40.4 Å². The number of carbonyl (C=O) groups excluding carboxylic acids is 2. The van der Waals surface area contributed by atoms with Crippen molar-refractivity contribution in [3.8, 4) is 11.5 Å². The fraction of sp³-hybridized carbons (Fsp3) is 0.300. The number of anilines is 1. The summed E-state index contributed by atoms with van der Waals surface area (Å²) in [4.78, 5) is 24.4. The molecule has 0 saturated carbocycles. The molecule has 1 heterocycles. The van der Waals surface area contributed by atoms with Crippen LogP contribution < -0.4 is 14.8 Å². The molecular formula is C20H20BrNO4. The Morgan fingerprint density at radius 2 is 1.69 bits per heavy atom. The van der Waals surface area contributed by atoms with E-state index in [1.54, 1.807) is 12.1 Å². The summed E-state index contributed by atoms with van der Waals surface area (Å²) in [5, 5.41) is 2.81. The van der Waals surface area contributed by atoms with Gasteiger partial charge in [0.1, 0.15) is 13.2 Å². The van der Waals surface area contributed by atoms with Crippen LogP contribution in [0.3, 0.4) is 0 Å². The normalized spacial score (nSPS) is 12.5. The van der Waals surface area contributed by atoms with Crippen LogP contribution in [0.15, 0.2) is 40.9 Å². The minimum absolute atomic E-state index is 0.0379. The van der Waals surface area contributed by atoms with Gasteiger partial charge in [-0.2, -0.15) is 0 Å². The number of rotatable bonds is 6. The minimum Gasteiger partial charge on any atom is -0.486 e. The van der Waals surface area contributed by atoms with Gasteiger partial charge in [0.25, 0.3) is 0 Å². The topological polar surface area (TPSA) is 64.6 Å². The SMILES string of the molecule is CCc1ccc(C(=O)CCC(=O)Nc2cc3c(cc2Br)OCCO3)cc1. The minimum atomic E-state index is -0.221. The number of carbonyl (C=O) groups is 2. The maximum Gasteiger partial charge on any atom is 0.224 e. The molecule has 3 rings (SSSR count). The Morgan fingerprint density at radius 3 is 2.35 bits per heavy atom. The van der Waals surface area contributed by atoms with Gasteiger partial charge in [-0.1, -0.05) is 31.2 Å². The molecule has 0 spiro atoms. The maximum absolute atomic E-state index is 12.2. The van der Waals surface area contributed by atoms with Crippen LogP contribution in [-0.4, -0.2) is 24.9 Å². The Labute approximate surface area is 160 Å². The van der Waals surface area contributed by atoms with E-state index in [4.69, 9.17) is 9.47 Å². The van der Waals surface area contributed by atoms with Crippen molar-refractivity contribution in [1.29, 1.82) is 0 Å². The molecule has 0 bridgehead atoms. The van der Waals surface area contributed by atoms with Gasteiger partial charge in [0.05, 0.1) is 5.69 Å². The maximum atomic E-state index is 12.2. The van der Waals surface area contributed by atoms with Crippen molar-refractivity contribution < 1.29 is 19.1 Å². The van der Waals surface area contributed by atoms with Gasteiger partial charge in [0, 0.05) is 35.0 Å². The van der Waals surface area contributed by atoms with E-state index in [9.17, 15) is 9.59 Å². The zero-order chi connectivity index (χ0) is 18.5. The summed E-state index contributed by atoms with van der Waals surface area (Å²) in [6.45, 7) is 3.05. The third kappa shape index (κ3) is 4.43. The smallest absolute Gasteiger partial charge is 0.224 e. The molecule has 0 atom stereocenters. The number of ketones is 1. The first-order chi connectivity index (χ1) is 12.6. The van der Waals surface area contributed by atoms with Crippen molar-refractivity contribution in [2.24, 2.45) is 0 Å². The molecule has 2 aromatic rings. The highest BCUT2D eigenvalue weighted by atomic mass is 79.9. The first-order valence-electron chi connectivity index (χ1n) is 8.58. The van der Waals surface area contributed by atoms with Gasteiger partial charge in [-0.25, -0.2) is 0 Å². The molecule has 5 nitrogen and oxygen atoms in total. The van der Waals surface area contributed by atoms with Crippen LogP contribution in [-0.2, 0) is 11.2 Å². The predicted octanol–water partition coefficient (Wildman–Crippen LogP) is 4.38. The van der Waals surface area contributed by atoms with Crippen LogP contribution in [0.2, 0.25) is 0 Å². The van der Waals surface area contributed by atoms with E-state index in [2.05, 4.69) is 28.2 Å². The standard InChI is InChI=1S/C20H20BrNO4/c1-2-13-3-5-14(6-4-13)17(23)7-8-20(24)22-16-12-19-18(11-15(16)21)25-9-10-26-19/h3-6,11-12H,2,7-10H2,1H3,(H,22,24). The lowest BCUT2D eigenvalue weighted by atomic mass is 10.0. The van der Waals surface area contributed by atoms with Gasteiger partial charge < -0.3 is 14.8 Å². The molecule has 0 aromatic heterocycles. The molecule has 1 aliphatic rings. The molecule has 136 valence electrons. The number of nitrogens with one attached hydrogen (secondary N) is 1. The second-order valence-corrected chi connectivity index (χ2v) is 6.85. The molecule has 1 aliphatic heterocycles. The number of halogens is 1. The van der Waals surface area contributed by atoms with Crippen LogP contribution in [0.4, 0.5) is 5.69 Å². The lowest BCUT2D eigenvalue weighted by Gasteiger charge is -2.20. The molecule has 6 heteroatoms. The Kier molecular flexibility index (Phi) is 5.93. The second-order valence-electron chi connectivity index (χ2n) is 6.00. The number of ether oxygens (including phenoxy) is 2. The van der Waals surface area contributed by atoms with Crippen molar-refractivity contribution in [3.05, 3.63) is 52.0 Å². The van der Waals surface area contributed by atoms with Gasteiger partial charge in [0.15, 0.2) is 17.3 Å². The summed E-state index contributed by atoms with van der Waals surface area (Å²) in [6.07, 6.45) is 1.22. The van der Waals surface area contributed by atoms with Crippen LogP contribution in [0.1, 0.15) is 35.7 Å². The fourth-order valence-corrected chi connectivity index (χ4v) is 3.09. The van der Waals surface area contributed by atoms with E-state index < -0.39 is 0 Å². The highest BCUT2D eigenvalue weighted by Gasteiger charge is 2.17. The van der Waals surface area contributed by atoms with Crippen molar-refractivity contribution in [1.82, 2.24) is 0 Å². The lowest BCUT2D eigenvalue weighted by Crippen LogP contribution is -2.17. The first kappa shape index (κ1) is 18.5. The van der Waals surface area contributed by atoms with Crippen LogP contribution in [0.5, 0.6) is 11.5 Å². The summed E-state index contributed by atoms with van der Waals surface area (Å²) in [5.74, 6) is 0.985. The number of aryl methyl sites for hydroxylation is 1. The molecule has 0 radical (unpaired) electrons. The molecule has 0 unspecified atom stereocenters. The van der Waals surface area contributed by atoms with Crippen LogP contribution >= 0.6 is 15.9 Å². The summed E-state index contributed by atoms with van der Waals surface area (Å²) in [6, 6.07) is 11.0. The Morgan fingerprint density at radius 1 is 1.04 bits per heavy atom. The van der Waals surface area contributed by atoms with Crippen molar-refractivity contribution in [2.45, 2.75) is 26.2 Å². The van der Waals surface area contributed by atoms with Crippen LogP contribution in [0, 0.1) is 0 Å². The number of Topliss-reactive ketones (excluding diaryl/α,β-unsaturated/α-hetero) is 1. The molecule has 2 aromatic carbocycles. The first-order valence-corrected chi connectivity index (χ1v) is 9.37. The summed E-state index contributed by atoms with van der Waals surface area (Å²) in [5.41, 5.74) is 2.41. The van der Waals surface area contributed by atoms with Gasteiger partial charge >= 0.3 is 0 Å². The highest BCUT2D eigenvalue weighted by Crippen LogP contribution is 2.38. The molecular weight excluding hydrogens is 398 g/mol. The molecule has 0 aliphatic carbocycles. The molecule has 1 N–H and O–H groups in total. The molecule has 26 heavy (non-hydrogen) atoms. The van der Waals surface area contributed by atoms with E-state index >= 15 is 0 Å².